The number of halogens is 4. The number of thioether (sulfide) groups is 1. The van der Waals surface area contributed by atoms with Crippen LogP contribution in [0.1, 0.15) is 32.4 Å². The van der Waals surface area contributed by atoms with Crippen molar-refractivity contribution in [3.63, 3.8) is 0 Å². The Morgan fingerprint density at radius 1 is 1.20 bits per heavy atom. The number of carbonyl (C=O) groups excluding carboxylic acids is 1. The molecule has 0 radical (unpaired) electrons. The first kappa shape index (κ1) is 31.3. The number of nitrogens with zero attached hydrogens (tertiary/aromatic N) is 6. The smallest absolute Gasteiger partial charge is 0.355 e. The highest BCUT2D eigenvalue weighted by Gasteiger charge is 2.31. The number of aromatic nitrogens is 4. The van der Waals surface area contributed by atoms with E-state index in [1.165, 1.54) is 28.5 Å². The summed E-state index contributed by atoms with van der Waals surface area (Å²) in [5.74, 6) is -4.86. The highest BCUT2D eigenvalue weighted by Crippen LogP contribution is 2.40. The topological polar surface area (TPSA) is 110 Å². The first-order chi connectivity index (χ1) is 20.9. The lowest BCUT2D eigenvalue weighted by atomic mass is 10.1. The standard InChI is InChI=1S/C30H29ClF3N7O2S/c1-6-21(42)39-9-10-40(15(4)13-39)28-16-11-17(31)26(22-19(35)12-18(32)23(33)24(22)34)37-29(16)41(30(43)38-28)27-20(44-5)7-8-36-25(27)14(2)3/h6-8,11-12,14-15H,1,9-10,13,35H2,2-5H3/t15-/m0/s1. The van der Waals surface area contributed by atoms with Gasteiger partial charge in [0.15, 0.2) is 23.1 Å². The first-order valence-corrected chi connectivity index (χ1v) is 15.3. The van der Waals surface area contributed by atoms with Crippen molar-refractivity contribution in [1.29, 1.82) is 0 Å². The molecule has 1 amide bonds. The minimum atomic E-state index is -1.74. The van der Waals surface area contributed by atoms with Crippen molar-refractivity contribution < 1.29 is 18.0 Å². The number of fused-ring (bicyclic) bond motifs is 1. The Morgan fingerprint density at radius 3 is 2.57 bits per heavy atom. The van der Waals surface area contributed by atoms with Crippen molar-refractivity contribution >= 4 is 51.8 Å². The van der Waals surface area contributed by atoms with Crippen molar-refractivity contribution in [3.8, 4) is 16.9 Å². The summed E-state index contributed by atoms with van der Waals surface area (Å²) in [7, 11) is 0. The van der Waals surface area contributed by atoms with Crippen LogP contribution in [0.5, 0.6) is 0 Å². The highest BCUT2D eigenvalue weighted by atomic mass is 35.5. The van der Waals surface area contributed by atoms with Crippen LogP contribution in [0.4, 0.5) is 24.7 Å². The Balaban J connectivity index is 1.87. The van der Waals surface area contributed by atoms with E-state index in [-0.39, 0.29) is 40.0 Å². The Kier molecular flexibility index (Phi) is 8.63. The molecule has 14 heteroatoms. The molecule has 1 aliphatic heterocycles. The van der Waals surface area contributed by atoms with Gasteiger partial charge in [0.25, 0.3) is 0 Å². The maximum Gasteiger partial charge on any atom is 0.355 e. The van der Waals surface area contributed by atoms with Crippen LogP contribution >= 0.6 is 23.4 Å². The first-order valence-electron chi connectivity index (χ1n) is 13.7. The molecule has 1 saturated heterocycles. The fourth-order valence-corrected chi connectivity index (χ4v) is 6.25. The average molecular weight is 644 g/mol. The van der Waals surface area contributed by atoms with Crippen LogP contribution in [0.2, 0.25) is 5.02 Å². The number of piperazine rings is 1. The predicted molar refractivity (Wildman–Crippen MR) is 167 cm³/mol. The van der Waals surface area contributed by atoms with Crippen LogP contribution < -0.4 is 16.3 Å². The minimum Gasteiger partial charge on any atom is -0.398 e. The molecule has 0 bridgehead atoms. The molecule has 0 spiro atoms. The molecule has 5 rings (SSSR count). The van der Waals surface area contributed by atoms with Gasteiger partial charge in [0.05, 0.1) is 33.0 Å². The number of anilines is 2. The summed E-state index contributed by atoms with van der Waals surface area (Å²) < 4.78 is 44.9. The van der Waals surface area contributed by atoms with Crippen molar-refractivity contribution in [2.75, 3.05) is 36.5 Å². The maximum atomic E-state index is 15.2. The van der Waals surface area contributed by atoms with E-state index in [1.54, 1.807) is 17.2 Å². The molecule has 1 fully saturated rings. The lowest BCUT2D eigenvalue weighted by Gasteiger charge is -2.40. The zero-order valence-corrected chi connectivity index (χ0v) is 25.9. The molecular formula is C30H29ClF3N7O2S. The molecule has 4 heterocycles. The zero-order valence-electron chi connectivity index (χ0n) is 24.4. The highest BCUT2D eigenvalue weighted by molar-refractivity contribution is 7.98. The molecule has 2 N–H and O–H groups in total. The van der Waals surface area contributed by atoms with Gasteiger partial charge in [-0.2, -0.15) is 4.98 Å². The molecule has 44 heavy (non-hydrogen) atoms. The molecule has 1 aliphatic rings. The minimum absolute atomic E-state index is 0.0323. The van der Waals surface area contributed by atoms with Crippen LogP contribution in [0, 0.1) is 17.5 Å². The summed E-state index contributed by atoms with van der Waals surface area (Å²) in [6, 6.07) is 3.58. The second-order valence-corrected chi connectivity index (χ2v) is 11.9. The molecule has 3 aromatic heterocycles. The lowest BCUT2D eigenvalue weighted by molar-refractivity contribution is -0.126. The summed E-state index contributed by atoms with van der Waals surface area (Å²) in [6.45, 7) is 10.3. The molecule has 0 unspecified atom stereocenters. The summed E-state index contributed by atoms with van der Waals surface area (Å²) in [4.78, 5) is 44.2. The van der Waals surface area contributed by atoms with E-state index in [2.05, 4.69) is 21.5 Å². The third-order valence-corrected chi connectivity index (χ3v) is 8.58. The predicted octanol–water partition coefficient (Wildman–Crippen LogP) is 5.56. The van der Waals surface area contributed by atoms with Gasteiger partial charge in [-0.15, -0.1) is 11.8 Å². The van der Waals surface area contributed by atoms with Gasteiger partial charge in [0.1, 0.15) is 5.82 Å². The largest absolute Gasteiger partial charge is 0.398 e. The number of hydrogen-bond acceptors (Lipinski definition) is 8. The maximum absolute atomic E-state index is 15.2. The number of pyridine rings is 2. The number of benzene rings is 1. The Morgan fingerprint density at radius 2 is 1.93 bits per heavy atom. The molecule has 230 valence electrons. The summed E-state index contributed by atoms with van der Waals surface area (Å²) >= 11 is 8.05. The molecule has 0 saturated carbocycles. The second-order valence-electron chi connectivity index (χ2n) is 10.6. The molecule has 1 aromatic carbocycles. The van der Waals surface area contributed by atoms with Gasteiger partial charge in [-0.25, -0.2) is 27.5 Å². The van der Waals surface area contributed by atoms with Gasteiger partial charge < -0.3 is 15.5 Å². The van der Waals surface area contributed by atoms with Gasteiger partial charge in [-0.3, -0.25) is 9.78 Å². The monoisotopic (exact) mass is 643 g/mol. The van der Waals surface area contributed by atoms with Crippen LogP contribution in [0.25, 0.3) is 28.0 Å². The number of nitrogen functional groups attached to an aromatic ring is 1. The van der Waals surface area contributed by atoms with Crippen molar-refractivity contribution in [1.82, 2.24) is 24.4 Å². The summed E-state index contributed by atoms with van der Waals surface area (Å²) in [5, 5.41) is 0.205. The second kappa shape index (κ2) is 12.1. The van der Waals surface area contributed by atoms with Gasteiger partial charge in [0, 0.05) is 48.5 Å². The van der Waals surface area contributed by atoms with Gasteiger partial charge >= 0.3 is 5.69 Å². The van der Waals surface area contributed by atoms with E-state index in [0.717, 1.165) is 0 Å². The normalized spacial score (nSPS) is 15.3. The zero-order chi connectivity index (χ0) is 32.0. The molecule has 4 aromatic rings. The van der Waals surface area contributed by atoms with E-state index in [9.17, 15) is 18.4 Å². The van der Waals surface area contributed by atoms with E-state index in [4.69, 9.17) is 17.3 Å². The van der Waals surface area contributed by atoms with Crippen LogP contribution in [-0.2, 0) is 4.79 Å². The summed E-state index contributed by atoms with van der Waals surface area (Å²) in [5.41, 5.74) is 5.04. The quantitative estimate of drug-likeness (QED) is 0.126. The molecule has 9 nitrogen and oxygen atoms in total. The molecule has 0 aliphatic carbocycles. The Bertz CT molecular complexity index is 1880. The molecular weight excluding hydrogens is 615 g/mol. The van der Waals surface area contributed by atoms with Crippen molar-refractivity contribution in [2.45, 2.75) is 37.6 Å². The fraction of sp³-hybridized carbons (Fsp3) is 0.300. The van der Waals surface area contributed by atoms with E-state index in [1.807, 2.05) is 31.9 Å². The third kappa shape index (κ3) is 5.28. The Labute approximate surface area is 260 Å². The van der Waals surface area contributed by atoms with Crippen LogP contribution in [-0.4, -0.2) is 62.3 Å². The van der Waals surface area contributed by atoms with Crippen LogP contribution in [0.15, 0.2) is 46.7 Å². The SMILES string of the molecule is C=CC(=O)N1CCN(c2nc(=O)n(-c3c(SC)ccnc3C(C)C)c3nc(-c4c(N)cc(F)c(F)c4F)c(Cl)cc23)[C@@H](C)C1. The van der Waals surface area contributed by atoms with Crippen molar-refractivity contribution in [3.05, 3.63) is 75.7 Å². The van der Waals surface area contributed by atoms with E-state index >= 15 is 4.39 Å². The number of rotatable bonds is 6. The summed E-state index contributed by atoms with van der Waals surface area (Å²) in [6.07, 6.45) is 4.73. The third-order valence-electron chi connectivity index (χ3n) is 7.52. The Hall–Kier alpha value is -4.10. The van der Waals surface area contributed by atoms with Crippen molar-refractivity contribution in [2.24, 2.45) is 0 Å². The fourth-order valence-electron chi connectivity index (χ4n) is 5.42. The van der Waals surface area contributed by atoms with Gasteiger partial charge in [0.2, 0.25) is 5.91 Å². The number of hydrogen-bond donors (Lipinski definition) is 1. The number of carbonyl (C=O) groups is 1. The number of nitrogens with two attached hydrogens (primary N) is 1. The van der Waals surface area contributed by atoms with Gasteiger partial charge in [-0.1, -0.05) is 32.0 Å². The van der Waals surface area contributed by atoms with E-state index in [0.29, 0.717) is 47.4 Å². The van der Waals surface area contributed by atoms with Crippen LogP contribution in [0.3, 0.4) is 0 Å². The molecule has 1 atom stereocenters. The van der Waals surface area contributed by atoms with E-state index < -0.39 is 34.4 Å². The lowest BCUT2D eigenvalue weighted by Crippen LogP contribution is -2.54. The average Bonchev–Trinajstić information content (AvgIpc) is 2.99. The van der Waals surface area contributed by atoms with Gasteiger partial charge in [-0.05, 0) is 37.3 Å². The number of amides is 1.